The van der Waals surface area contributed by atoms with Crippen LogP contribution in [0.15, 0.2) is 54.0 Å². The Morgan fingerprint density at radius 3 is 2.53 bits per heavy atom. The highest BCUT2D eigenvalue weighted by Gasteiger charge is 2.24. The minimum Gasteiger partial charge on any atom is -0.489 e. The van der Waals surface area contributed by atoms with Crippen LogP contribution in [0, 0.1) is 11.6 Å². The molecular weight excluding hydrogens is 442 g/mol. The van der Waals surface area contributed by atoms with Crippen molar-refractivity contribution >= 4 is 17.3 Å². The fraction of sp³-hybridized carbons (Fsp3) is 0.261. The Hall–Kier alpha value is -3.83. The highest BCUT2D eigenvalue weighted by Crippen LogP contribution is 2.30. The lowest BCUT2D eigenvalue weighted by Crippen LogP contribution is -2.40. The Labute approximate surface area is 195 Å². The van der Waals surface area contributed by atoms with Gasteiger partial charge in [-0.25, -0.2) is 15.2 Å². The van der Waals surface area contributed by atoms with Crippen LogP contribution >= 0.6 is 0 Å². The number of hydrogen-bond acceptors (Lipinski definition) is 8. The molecule has 6 N–H and O–H groups in total. The summed E-state index contributed by atoms with van der Waals surface area (Å²) in [5.74, 6) is 9.12. The van der Waals surface area contributed by atoms with Crippen molar-refractivity contribution in [1.82, 2.24) is 14.9 Å². The molecule has 0 bridgehead atoms. The van der Waals surface area contributed by atoms with E-state index in [2.05, 4.69) is 20.0 Å². The van der Waals surface area contributed by atoms with Crippen LogP contribution in [-0.4, -0.2) is 46.9 Å². The predicted molar refractivity (Wildman–Crippen MR) is 127 cm³/mol. The quantitative estimate of drug-likeness (QED) is 0.209. The molecule has 11 heteroatoms. The van der Waals surface area contributed by atoms with Crippen LogP contribution in [0.1, 0.15) is 18.4 Å². The van der Waals surface area contributed by atoms with Gasteiger partial charge in [-0.05, 0) is 61.8 Å². The fourth-order valence-corrected chi connectivity index (χ4v) is 3.84. The number of hydrazone groups is 1. The first-order valence-electron chi connectivity index (χ1n) is 10.8. The van der Waals surface area contributed by atoms with Crippen LogP contribution in [0.2, 0.25) is 0 Å². The van der Waals surface area contributed by atoms with Gasteiger partial charge in [-0.15, -0.1) is 0 Å². The Balaban J connectivity index is 1.56. The lowest BCUT2D eigenvalue weighted by Gasteiger charge is -2.22. The summed E-state index contributed by atoms with van der Waals surface area (Å²) in [7, 11) is 0. The Bertz CT molecular complexity index is 1170. The number of hydrazine groups is 1. The van der Waals surface area contributed by atoms with Crippen LogP contribution in [0.5, 0.6) is 5.75 Å². The number of ether oxygens (including phenoxy) is 1. The number of nitrogens with two attached hydrogens (primary N) is 3. The molecule has 0 atom stereocenters. The zero-order valence-corrected chi connectivity index (χ0v) is 18.5. The highest BCUT2D eigenvalue weighted by atomic mass is 19.2. The molecule has 1 fully saturated rings. The molecule has 0 radical (unpaired) electrons. The third-order valence-corrected chi connectivity index (χ3v) is 5.67. The van der Waals surface area contributed by atoms with Crippen LogP contribution in [0.25, 0.3) is 11.1 Å². The molecule has 1 aromatic carbocycles. The molecule has 1 aliphatic heterocycles. The summed E-state index contributed by atoms with van der Waals surface area (Å²) in [6.45, 7) is 2.88. The van der Waals surface area contributed by atoms with Crippen molar-refractivity contribution < 1.29 is 13.5 Å². The smallest absolute Gasteiger partial charge is 0.202 e. The van der Waals surface area contributed by atoms with Crippen molar-refractivity contribution in [3.05, 3.63) is 66.1 Å². The number of hydrogen-bond donors (Lipinski definition) is 3. The average Bonchev–Trinajstić information content (AvgIpc) is 3.37. The number of halogens is 2. The van der Waals surface area contributed by atoms with E-state index in [-0.39, 0.29) is 35.3 Å². The fourth-order valence-electron chi connectivity index (χ4n) is 3.84. The molecular formula is C23H26F2N8O. The topological polar surface area (TPSA) is 132 Å². The standard InChI is InChI=1S/C23H26F2N8O/c24-20-18(3-4-19(21(20)25)34-12-11-32-9-1-2-10-32)33(28)23(31-27)17-13-16(14-30-22(17)26)15-5-7-29-8-6-15/h3-8,13-14H,1-2,9-12,27-28H2,(H2,26,30)/b31-23-. The van der Waals surface area contributed by atoms with E-state index in [1.807, 2.05) is 0 Å². The SMILES string of the molecule is N/N=C(/c1cc(-c2ccncc2)cnc1N)N(N)c1ccc(OCCN2CCCC2)c(F)c1F. The van der Waals surface area contributed by atoms with Crippen molar-refractivity contribution in [3.8, 4) is 16.9 Å². The largest absolute Gasteiger partial charge is 0.489 e. The van der Waals surface area contributed by atoms with Gasteiger partial charge >= 0.3 is 0 Å². The van der Waals surface area contributed by atoms with E-state index in [1.54, 1.807) is 36.8 Å². The summed E-state index contributed by atoms with van der Waals surface area (Å²) in [5, 5.41) is 4.51. The van der Waals surface area contributed by atoms with Crippen molar-refractivity contribution in [3.63, 3.8) is 0 Å². The number of benzene rings is 1. The molecule has 1 saturated heterocycles. The van der Waals surface area contributed by atoms with Crippen LogP contribution in [-0.2, 0) is 0 Å². The zero-order chi connectivity index (χ0) is 24.1. The van der Waals surface area contributed by atoms with Gasteiger partial charge in [-0.2, -0.15) is 9.49 Å². The maximum absolute atomic E-state index is 15.0. The highest BCUT2D eigenvalue weighted by molar-refractivity contribution is 6.12. The molecule has 0 saturated carbocycles. The third kappa shape index (κ3) is 4.90. The number of rotatable bonds is 7. The van der Waals surface area contributed by atoms with E-state index in [0.29, 0.717) is 12.1 Å². The first-order valence-corrected chi connectivity index (χ1v) is 10.8. The molecule has 34 heavy (non-hydrogen) atoms. The minimum atomic E-state index is -1.20. The van der Waals surface area contributed by atoms with Gasteiger partial charge in [0.05, 0.1) is 11.3 Å². The van der Waals surface area contributed by atoms with Gasteiger partial charge < -0.3 is 16.3 Å². The van der Waals surface area contributed by atoms with Crippen molar-refractivity contribution in [2.75, 3.05) is 37.0 Å². The molecule has 178 valence electrons. The second-order valence-electron chi connectivity index (χ2n) is 7.82. The zero-order valence-electron chi connectivity index (χ0n) is 18.5. The lowest BCUT2D eigenvalue weighted by molar-refractivity contribution is 0.229. The van der Waals surface area contributed by atoms with E-state index >= 15 is 0 Å². The van der Waals surface area contributed by atoms with E-state index in [9.17, 15) is 8.78 Å². The molecule has 0 amide bonds. The summed E-state index contributed by atoms with van der Waals surface area (Å²) in [4.78, 5) is 10.4. The van der Waals surface area contributed by atoms with Crippen LogP contribution in [0.4, 0.5) is 20.3 Å². The van der Waals surface area contributed by atoms with E-state index in [1.165, 1.54) is 12.1 Å². The minimum absolute atomic E-state index is 0.0696. The molecule has 3 heterocycles. The molecule has 3 aromatic rings. The first-order chi connectivity index (χ1) is 16.5. The maximum atomic E-state index is 15.0. The van der Waals surface area contributed by atoms with Gasteiger partial charge in [-0.1, -0.05) is 0 Å². The first kappa shape index (κ1) is 23.3. The summed E-state index contributed by atoms with van der Waals surface area (Å²) in [6, 6.07) is 7.85. The number of likely N-dealkylation sites (tertiary alicyclic amines) is 1. The molecule has 9 nitrogen and oxygen atoms in total. The molecule has 0 spiro atoms. The maximum Gasteiger partial charge on any atom is 0.202 e. The molecule has 0 unspecified atom stereocenters. The predicted octanol–water partition coefficient (Wildman–Crippen LogP) is 2.48. The summed E-state index contributed by atoms with van der Waals surface area (Å²) < 4.78 is 35.2. The Morgan fingerprint density at radius 2 is 1.82 bits per heavy atom. The Morgan fingerprint density at radius 1 is 1.09 bits per heavy atom. The second kappa shape index (κ2) is 10.4. The number of pyridine rings is 2. The van der Waals surface area contributed by atoms with Gasteiger partial charge in [0.2, 0.25) is 5.82 Å². The monoisotopic (exact) mass is 468 g/mol. The summed E-state index contributed by atoms with van der Waals surface area (Å²) >= 11 is 0. The number of aromatic nitrogens is 2. The van der Waals surface area contributed by atoms with Gasteiger partial charge in [0.1, 0.15) is 12.4 Å². The summed E-state index contributed by atoms with van der Waals surface area (Å²) in [6.07, 6.45) is 7.11. The molecule has 1 aliphatic rings. The number of nitrogen functional groups attached to an aromatic ring is 1. The van der Waals surface area contributed by atoms with Crippen LogP contribution < -0.4 is 27.2 Å². The number of anilines is 2. The van der Waals surface area contributed by atoms with Crippen molar-refractivity contribution in [2.24, 2.45) is 16.8 Å². The lowest BCUT2D eigenvalue weighted by atomic mass is 10.1. The van der Waals surface area contributed by atoms with Gasteiger partial charge in [0.15, 0.2) is 17.4 Å². The van der Waals surface area contributed by atoms with Crippen molar-refractivity contribution in [1.29, 1.82) is 0 Å². The molecule has 0 aliphatic carbocycles. The third-order valence-electron chi connectivity index (χ3n) is 5.67. The second-order valence-corrected chi connectivity index (χ2v) is 7.82. The Kier molecular flexibility index (Phi) is 7.14. The van der Waals surface area contributed by atoms with Gasteiger partial charge in [0.25, 0.3) is 0 Å². The van der Waals surface area contributed by atoms with Crippen molar-refractivity contribution in [2.45, 2.75) is 12.8 Å². The van der Waals surface area contributed by atoms with E-state index in [0.717, 1.165) is 36.5 Å². The number of amidine groups is 1. The normalized spacial score (nSPS) is 14.4. The summed E-state index contributed by atoms with van der Waals surface area (Å²) in [5.41, 5.74) is 7.50. The molecule has 4 rings (SSSR count). The van der Waals surface area contributed by atoms with Crippen LogP contribution in [0.3, 0.4) is 0 Å². The van der Waals surface area contributed by atoms with Gasteiger partial charge in [-0.3, -0.25) is 14.9 Å². The van der Waals surface area contributed by atoms with E-state index < -0.39 is 11.6 Å². The average molecular weight is 469 g/mol. The molecule has 2 aromatic heterocycles. The van der Waals surface area contributed by atoms with Gasteiger partial charge in [0, 0.05) is 30.7 Å². The van der Waals surface area contributed by atoms with E-state index in [4.69, 9.17) is 22.2 Å². The number of nitrogens with zero attached hydrogens (tertiary/aromatic N) is 5.